The van der Waals surface area contributed by atoms with Crippen molar-refractivity contribution in [3.63, 3.8) is 0 Å². The summed E-state index contributed by atoms with van der Waals surface area (Å²) in [5.41, 5.74) is 1.11. The third-order valence-electron chi connectivity index (χ3n) is 4.42. The van der Waals surface area contributed by atoms with Gasteiger partial charge in [0.15, 0.2) is 0 Å². The van der Waals surface area contributed by atoms with Crippen LogP contribution in [-0.2, 0) is 16.1 Å². The first-order valence-electron chi connectivity index (χ1n) is 8.61. The van der Waals surface area contributed by atoms with Crippen LogP contribution in [0.3, 0.4) is 0 Å². The van der Waals surface area contributed by atoms with Gasteiger partial charge in [-0.15, -0.1) is 0 Å². The van der Waals surface area contributed by atoms with E-state index in [2.05, 4.69) is 10.2 Å². The predicted octanol–water partition coefficient (Wildman–Crippen LogP) is 1.64. The smallest absolute Gasteiger partial charge is 0.232 e. The van der Waals surface area contributed by atoms with Crippen molar-refractivity contribution in [1.82, 2.24) is 10.2 Å². The summed E-state index contributed by atoms with van der Waals surface area (Å²) in [4.78, 5) is 28.2. The Morgan fingerprint density at radius 1 is 1.12 bits per heavy atom. The zero-order chi connectivity index (χ0) is 18.4. The number of furan rings is 1. The van der Waals surface area contributed by atoms with E-state index in [4.69, 9.17) is 9.15 Å². The second-order valence-electron chi connectivity index (χ2n) is 6.10. The summed E-state index contributed by atoms with van der Waals surface area (Å²) >= 11 is 0. The van der Waals surface area contributed by atoms with Crippen LogP contribution >= 0.6 is 0 Å². The molecule has 7 heteroatoms. The van der Waals surface area contributed by atoms with E-state index < -0.39 is 0 Å². The summed E-state index contributed by atoms with van der Waals surface area (Å²) in [6, 6.07) is 11.4. The van der Waals surface area contributed by atoms with Crippen LogP contribution < -0.4 is 15.0 Å². The fourth-order valence-corrected chi connectivity index (χ4v) is 2.92. The van der Waals surface area contributed by atoms with E-state index in [9.17, 15) is 9.59 Å². The van der Waals surface area contributed by atoms with Gasteiger partial charge in [0.1, 0.15) is 17.9 Å². The van der Waals surface area contributed by atoms with Crippen molar-refractivity contribution in [2.24, 2.45) is 0 Å². The van der Waals surface area contributed by atoms with E-state index in [1.807, 2.05) is 24.3 Å². The standard InChI is InChI=1S/C19H23N3O4/c1-25-16-6-4-15(5-7-16)21-8-10-22(11-9-21)19(24)13-18(23)20-14-17-3-2-12-26-17/h2-7,12H,8-11,13-14H2,1H3,(H,20,23). The van der Waals surface area contributed by atoms with Crippen LogP contribution in [0.1, 0.15) is 12.2 Å². The van der Waals surface area contributed by atoms with E-state index in [0.717, 1.165) is 24.5 Å². The van der Waals surface area contributed by atoms with Gasteiger partial charge >= 0.3 is 0 Å². The monoisotopic (exact) mass is 357 g/mol. The molecule has 1 fully saturated rings. The SMILES string of the molecule is COc1ccc(N2CCN(C(=O)CC(=O)NCc3ccco3)CC2)cc1. The number of rotatable bonds is 6. The first-order valence-corrected chi connectivity index (χ1v) is 8.61. The molecule has 0 unspecified atom stereocenters. The number of nitrogens with zero attached hydrogens (tertiary/aromatic N) is 2. The maximum atomic E-state index is 12.3. The van der Waals surface area contributed by atoms with Gasteiger partial charge in [-0.25, -0.2) is 0 Å². The minimum Gasteiger partial charge on any atom is -0.497 e. The first-order chi connectivity index (χ1) is 12.7. The maximum absolute atomic E-state index is 12.3. The number of carbonyl (C=O) groups is 2. The maximum Gasteiger partial charge on any atom is 0.232 e. The fourth-order valence-electron chi connectivity index (χ4n) is 2.92. The van der Waals surface area contributed by atoms with Gasteiger partial charge in [-0.1, -0.05) is 0 Å². The molecule has 138 valence electrons. The number of carbonyl (C=O) groups excluding carboxylic acids is 2. The van der Waals surface area contributed by atoms with Crippen LogP contribution in [0.5, 0.6) is 5.75 Å². The van der Waals surface area contributed by atoms with Crippen molar-refractivity contribution in [2.45, 2.75) is 13.0 Å². The number of benzene rings is 1. The zero-order valence-electron chi connectivity index (χ0n) is 14.8. The largest absolute Gasteiger partial charge is 0.497 e. The first kappa shape index (κ1) is 17.8. The lowest BCUT2D eigenvalue weighted by Gasteiger charge is -2.36. The highest BCUT2D eigenvalue weighted by molar-refractivity contribution is 5.96. The molecule has 0 bridgehead atoms. The molecule has 7 nitrogen and oxygen atoms in total. The molecule has 1 aromatic carbocycles. The summed E-state index contributed by atoms with van der Waals surface area (Å²) in [5, 5.41) is 2.70. The van der Waals surface area contributed by atoms with Crippen molar-refractivity contribution in [3.05, 3.63) is 48.4 Å². The minimum atomic E-state index is -0.288. The zero-order valence-corrected chi connectivity index (χ0v) is 14.8. The van der Waals surface area contributed by atoms with Crippen molar-refractivity contribution in [1.29, 1.82) is 0 Å². The Morgan fingerprint density at radius 2 is 1.85 bits per heavy atom. The molecule has 1 aromatic heterocycles. The van der Waals surface area contributed by atoms with Gasteiger partial charge in [-0.05, 0) is 36.4 Å². The van der Waals surface area contributed by atoms with Crippen LogP contribution in [0.15, 0.2) is 47.1 Å². The van der Waals surface area contributed by atoms with Crippen LogP contribution in [0.4, 0.5) is 5.69 Å². The topological polar surface area (TPSA) is 75.0 Å². The Kier molecular flexibility index (Phi) is 5.78. The van der Waals surface area contributed by atoms with Gasteiger partial charge in [0.05, 0.1) is 19.9 Å². The third-order valence-corrected chi connectivity index (χ3v) is 4.42. The average molecular weight is 357 g/mol. The molecule has 3 rings (SSSR count). The second kappa shape index (κ2) is 8.42. The lowest BCUT2D eigenvalue weighted by molar-refractivity contribution is -0.136. The molecular weight excluding hydrogens is 334 g/mol. The Bertz CT molecular complexity index is 720. The van der Waals surface area contributed by atoms with Crippen LogP contribution in [0, 0.1) is 0 Å². The summed E-state index contributed by atoms with van der Waals surface area (Å²) < 4.78 is 10.3. The molecule has 1 N–H and O–H groups in total. The predicted molar refractivity (Wildman–Crippen MR) is 97.0 cm³/mol. The van der Waals surface area contributed by atoms with Crippen molar-refractivity contribution < 1.29 is 18.7 Å². The highest BCUT2D eigenvalue weighted by Crippen LogP contribution is 2.20. The van der Waals surface area contributed by atoms with Gasteiger partial charge in [-0.2, -0.15) is 0 Å². The summed E-state index contributed by atoms with van der Waals surface area (Å²) in [6.07, 6.45) is 1.41. The number of hydrogen-bond donors (Lipinski definition) is 1. The molecule has 2 aromatic rings. The van der Waals surface area contributed by atoms with Gasteiger partial charge < -0.3 is 24.3 Å². The lowest BCUT2D eigenvalue weighted by Crippen LogP contribution is -2.49. The molecule has 26 heavy (non-hydrogen) atoms. The summed E-state index contributed by atoms with van der Waals surface area (Å²) in [5.74, 6) is 1.06. The Hall–Kier alpha value is -2.96. The van der Waals surface area contributed by atoms with Crippen molar-refractivity contribution in [2.75, 3.05) is 38.2 Å². The van der Waals surface area contributed by atoms with E-state index in [-0.39, 0.29) is 18.2 Å². The van der Waals surface area contributed by atoms with Crippen LogP contribution in [0.25, 0.3) is 0 Å². The lowest BCUT2D eigenvalue weighted by atomic mass is 10.2. The number of methoxy groups -OCH3 is 1. The van der Waals surface area contributed by atoms with E-state index in [1.54, 1.807) is 30.4 Å². The van der Waals surface area contributed by atoms with E-state index in [0.29, 0.717) is 25.4 Å². The third kappa shape index (κ3) is 4.56. The molecule has 0 spiro atoms. The number of ether oxygens (including phenoxy) is 1. The fraction of sp³-hybridized carbons (Fsp3) is 0.368. The van der Waals surface area contributed by atoms with Gasteiger partial charge in [-0.3, -0.25) is 9.59 Å². The average Bonchev–Trinajstić information content (AvgIpc) is 3.20. The van der Waals surface area contributed by atoms with Gasteiger partial charge in [0, 0.05) is 31.9 Å². The van der Waals surface area contributed by atoms with E-state index in [1.165, 1.54) is 0 Å². The highest BCUT2D eigenvalue weighted by atomic mass is 16.5. The Labute approximate surface area is 152 Å². The molecule has 1 aliphatic heterocycles. The minimum absolute atomic E-state index is 0.136. The normalized spacial score (nSPS) is 14.2. The molecule has 2 heterocycles. The number of anilines is 1. The number of hydrogen-bond acceptors (Lipinski definition) is 5. The quantitative estimate of drug-likeness (QED) is 0.796. The molecule has 2 amide bonds. The van der Waals surface area contributed by atoms with E-state index >= 15 is 0 Å². The highest BCUT2D eigenvalue weighted by Gasteiger charge is 2.23. The number of nitrogens with one attached hydrogen (secondary N) is 1. The van der Waals surface area contributed by atoms with Gasteiger partial charge in [0.25, 0.3) is 0 Å². The molecule has 0 saturated carbocycles. The van der Waals surface area contributed by atoms with Crippen LogP contribution in [0.2, 0.25) is 0 Å². The van der Waals surface area contributed by atoms with Crippen LogP contribution in [-0.4, -0.2) is 50.0 Å². The molecule has 0 aliphatic carbocycles. The van der Waals surface area contributed by atoms with Gasteiger partial charge in [0.2, 0.25) is 11.8 Å². The number of piperazine rings is 1. The summed E-state index contributed by atoms with van der Waals surface area (Å²) in [7, 11) is 1.64. The molecule has 0 atom stereocenters. The Morgan fingerprint density at radius 3 is 2.46 bits per heavy atom. The second-order valence-corrected chi connectivity index (χ2v) is 6.10. The van der Waals surface area contributed by atoms with Crippen molar-refractivity contribution in [3.8, 4) is 5.75 Å². The number of amides is 2. The molecule has 1 aliphatic rings. The molecule has 1 saturated heterocycles. The molecule has 0 radical (unpaired) electrons. The summed E-state index contributed by atoms with van der Waals surface area (Å²) in [6.45, 7) is 3.00. The Balaban J connectivity index is 1.43. The molecular formula is C19H23N3O4. The van der Waals surface area contributed by atoms with Crippen molar-refractivity contribution >= 4 is 17.5 Å².